The highest BCUT2D eigenvalue weighted by Crippen LogP contribution is 2.28. The summed E-state index contributed by atoms with van der Waals surface area (Å²) in [5, 5.41) is 9.81. The lowest BCUT2D eigenvalue weighted by Gasteiger charge is -2.41. The second-order valence-electron chi connectivity index (χ2n) is 4.63. The zero-order chi connectivity index (χ0) is 10.1. The summed E-state index contributed by atoms with van der Waals surface area (Å²) in [7, 11) is 0. The Morgan fingerprint density at radius 1 is 1.54 bits per heavy atom. The Labute approximate surface area is 84.0 Å². The number of hydrogen-bond donors (Lipinski definition) is 2. The minimum absolute atomic E-state index is 0.175. The van der Waals surface area contributed by atoms with Crippen LogP contribution >= 0.6 is 11.8 Å². The summed E-state index contributed by atoms with van der Waals surface area (Å²) < 4.78 is 5.16. The summed E-state index contributed by atoms with van der Waals surface area (Å²) in [5.41, 5.74) is 5.10. The van der Waals surface area contributed by atoms with Crippen LogP contribution in [0.5, 0.6) is 0 Å². The molecule has 13 heavy (non-hydrogen) atoms. The summed E-state index contributed by atoms with van der Waals surface area (Å²) >= 11 is 1.78. The Balaban J connectivity index is 2.29. The van der Waals surface area contributed by atoms with E-state index in [-0.39, 0.29) is 10.8 Å². The van der Waals surface area contributed by atoms with Gasteiger partial charge in [0.2, 0.25) is 0 Å². The third kappa shape index (κ3) is 3.13. The molecule has 3 nitrogen and oxygen atoms in total. The summed E-state index contributed by atoms with van der Waals surface area (Å²) in [6, 6.07) is -0.175. The first-order valence-corrected chi connectivity index (χ1v) is 5.52. The molecular weight excluding hydrogens is 186 g/mol. The fourth-order valence-corrected chi connectivity index (χ4v) is 2.01. The first-order valence-electron chi connectivity index (χ1n) is 4.53. The van der Waals surface area contributed by atoms with Crippen molar-refractivity contribution in [2.45, 2.75) is 37.2 Å². The van der Waals surface area contributed by atoms with Crippen molar-refractivity contribution >= 4 is 11.8 Å². The molecule has 1 aliphatic rings. The molecule has 78 valence electrons. The lowest BCUT2D eigenvalue weighted by Crippen LogP contribution is -2.62. The molecule has 0 radical (unpaired) electrons. The molecule has 1 rings (SSSR count). The first kappa shape index (κ1) is 11.3. The van der Waals surface area contributed by atoms with Crippen molar-refractivity contribution < 1.29 is 9.84 Å². The van der Waals surface area contributed by atoms with Crippen LogP contribution < -0.4 is 5.73 Å². The highest BCUT2D eigenvalue weighted by atomic mass is 32.2. The van der Waals surface area contributed by atoms with E-state index in [1.807, 2.05) is 0 Å². The quantitative estimate of drug-likeness (QED) is 0.708. The number of ether oxygens (including phenoxy) is 1. The second-order valence-corrected chi connectivity index (χ2v) is 6.47. The van der Waals surface area contributed by atoms with Crippen LogP contribution in [0.4, 0.5) is 0 Å². The monoisotopic (exact) mass is 205 g/mol. The van der Waals surface area contributed by atoms with Crippen LogP contribution in [0.2, 0.25) is 0 Å². The van der Waals surface area contributed by atoms with Crippen LogP contribution in [0, 0.1) is 0 Å². The second kappa shape index (κ2) is 3.77. The molecule has 0 aromatic carbocycles. The average Bonchev–Trinajstić information content (AvgIpc) is 1.94. The van der Waals surface area contributed by atoms with Crippen LogP contribution in [0.3, 0.4) is 0 Å². The van der Waals surface area contributed by atoms with Gasteiger partial charge in [0, 0.05) is 16.5 Å². The van der Waals surface area contributed by atoms with Crippen molar-refractivity contribution in [2.75, 3.05) is 19.0 Å². The minimum Gasteiger partial charge on any atom is -0.383 e. The van der Waals surface area contributed by atoms with Crippen LogP contribution in [-0.4, -0.2) is 40.5 Å². The maximum absolute atomic E-state index is 9.81. The zero-order valence-electron chi connectivity index (χ0n) is 8.54. The van der Waals surface area contributed by atoms with Crippen LogP contribution in [0.1, 0.15) is 20.8 Å². The molecule has 1 saturated heterocycles. The lowest BCUT2D eigenvalue weighted by atomic mass is 9.94. The number of thioether (sulfide) groups is 1. The molecular formula is C9H19NO2S. The van der Waals surface area contributed by atoms with Crippen LogP contribution in [0.15, 0.2) is 0 Å². The van der Waals surface area contributed by atoms with Gasteiger partial charge >= 0.3 is 0 Å². The van der Waals surface area contributed by atoms with E-state index >= 15 is 0 Å². The van der Waals surface area contributed by atoms with E-state index in [0.717, 1.165) is 5.75 Å². The van der Waals surface area contributed by atoms with Gasteiger partial charge in [-0.3, -0.25) is 0 Å². The van der Waals surface area contributed by atoms with E-state index in [0.29, 0.717) is 13.2 Å². The van der Waals surface area contributed by atoms with Crippen LogP contribution in [0.25, 0.3) is 0 Å². The summed E-state index contributed by atoms with van der Waals surface area (Å²) in [6.45, 7) is 7.21. The normalized spacial score (nSPS) is 23.8. The number of nitrogens with two attached hydrogens (primary N) is 1. The Bertz CT molecular complexity index is 175. The SMILES string of the molecule is CC(C)(C)SC[C@H](N)C1(O)COC1. The number of aliphatic hydroxyl groups is 1. The van der Waals surface area contributed by atoms with E-state index in [1.54, 1.807) is 11.8 Å². The van der Waals surface area contributed by atoms with Gasteiger partial charge in [0.1, 0.15) is 5.60 Å². The maximum Gasteiger partial charge on any atom is 0.127 e. The van der Waals surface area contributed by atoms with Gasteiger partial charge < -0.3 is 15.6 Å². The van der Waals surface area contributed by atoms with Gasteiger partial charge in [-0.25, -0.2) is 0 Å². The molecule has 3 N–H and O–H groups in total. The molecule has 1 aliphatic heterocycles. The van der Waals surface area contributed by atoms with Crippen molar-refractivity contribution in [1.29, 1.82) is 0 Å². The maximum atomic E-state index is 9.81. The molecule has 1 fully saturated rings. The topological polar surface area (TPSA) is 55.5 Å². The molecule has 0 aliphatic carbocycles. The molecule has 0 aromatic rings. The van der Waals surface area contributed by atoms with E-state index in [1.165, 1.54) is 0 Å². The molecule has 0 unspecified atom stereocenters. The van der Waals surface area contributed by atoms with Gasteiger partial charge in [-0.05, 0) is 0 Å². The highest BCUT2D eigenvalue weighted by molar-refractivity contribution is 8.00. The Kier molecular flexibility index (Phi) is 3.28. The van der Waals surface area contributed by atoms with Crippen molar-refractivity contribution in [3.05, 3.63) is 0 Å². The standard InChI is InChI=1S/C9H19NO2S/c1-8(2,3)13-4-7(10)9(11)5-12-6-9/h7,11H,4-6,10H2,1-3H3/t7-/m0/s1. The van der Waals surface area contributed by atoms with E-state index in [4.69, 9.17) is 10.5 Å². The largest absolute Gasteiger partial charge is 0.383 e. The first-order chi connectivity index (χ1) is 5.83. The van der Waals surface area contributed by atoms with E-state index in [9.17, 15) is 5.11 Å². The molecule has 0 amide bonds. The van der Waals surface area contributed by atoms with Gasteiger partial charge in [0.15, 0.2) is 0 Å². The number of hydrogen-bond acceptors (Lipinski definition) is 4. The molecule has 0 saturated carbocycles. The molecule has 4 heteroatoms. The summed E-state index contributed by atoms with van der Waals surface area (Å²) in [5.74, 6) is 0.781. The van der Waals surface area contributed by atoms with Crippen molar-refractivity contribution in [1.82, 2.24) is 0 Å². The predicted molar refractivity (Wildman–Crippen MR) is 56.0 cm³/mol. The predicted octanol–water partition coefficient (Wildman–Crippen LogP) is 0.607. The summed E-state index contributed by atoms with van der Waals surface area (Å²) in [4.78, 5) is 0. The average molecular weight is 205 g/mol. The Morgan fingerprint density at radius 2 is 2.08 bits per heavy atom. The van der Waals surface area contributed by atoms with Gasteiger partial charge in [-0.15, -0.1) is 0 Å². The van der Waals surface area contributed by atoms with Gasteiger partial charge in [0.05, 0.1) is 13.2 Å². The fraction of sp³-hybridized carbons (Fsp3) is 1.00. The van der Waals surface area contributed by atoms with Gasteiger partial charge in [-0.1, -0.05) is 20.8 Å². The highest BCUT2D eigenvalue weighted by Gasteiger charge is 2.42. The summed E-state index contributed by atoms with van der Waals surface area (Å²) in [6.07, 6.45) is 0. The third-order valence-corrected chi connectivity index (χ3v) is 3.48. The molecule has 0 spiro atoms. The van der Waals surface area contributed by atoms with Crippen molar-refractivity contribution in [3.8, 4) is 0 Å². The Morgan fingerprint density at radius 3 is 2.38 bits per heavy atom. The van der Waals surface area contributed by atoms with Gasteiger partial charge in [-0.2, -0.15) is 11.8 Å². The van der Waals surface area contributed by atoms with Crippen molar-refractivity contribution in [3.63, 3.8) is 0 Å². The molecule has 1 atom stereocenters. The third-order valence-electron chi connectivity index (χ3n) is 2.09. The zero-order valence-corrected chi connectivity index (χ0v) is 9.36. The lowest BCUT2D eigenvalue weighted by molar-refractivity contribution is -0.186. The van der Waals surface area contributed by atoms with E-state index in [2.05, 4.69) is 20.8 Å². The molecule has 0 aromatic heterocycles. The molecule has 1 heterocycles. The number of rotatable bonds is 3. The minimum atomic E-state index is -0.766. The molecule has 0 bridgehead atoms. The van der Waals surface area contributed by atoms with Gasteiger partial charge in [0.25, 0.3) is 0 Å². The van der Waals surface area contributed by atoms with E-state index < -0.39 is 5.60 Å². The fourth-order valence-electron chi connectivity index (χ4n) is 1.02. The van der Waals surface area contributed by atoms with Crippen LogP contribution in [-0.2, 0) is 4.74 Å². The van der Waals surface area contributed by atoms with Crippen molar-refractivity contribution in [2.24, 2.45) is 5.73 Å². The smallest absolute Gasteiger partial charge is 0.127 e. The Hall–Kier alpha value is 0.230.